The fourth-order valence-electron chi connectivity index (χ4n) is 2.88. The van der Waals surface area contributed by atoms with Gasteiger partial charge < -0.3 is 0 Å². The van der Waals surface area contributed by atoms with Crippen LogP contribution in [0.4, 0.5) is 13.2 Å². The standard InChI is InChI=1S/C21H25F3/c1-19(2,3)16-9-6-8-15(12-16)14-20(4,5)17-10-7-11-18(13-17)21(22,23)24/h6-13H,14H2,1-5H3. The Morgan fingerprint density at radius 1 is 0.708 bits per heavy atom. The van der Waals surface area contributed by atoms with Crippen molar-refractivity contribution in [2.45, 2.75) is 58.0 Å². The van der Waals surface area contributed by atoms with E-state index >= 15 is 0 Å². The molecule has 0 aliphatic heterocycles. The molecule has 0 N–H and O–H groups in total. The molecule has 2 aromatic carbocycles. The van der Waals surface area contributed by atoms with Crippen molar-refractivity contribution in [2.24, 2.45) is 0 Å². The van der Waals surface area contributed by atoms with Gasteiger partial charge >= 0.3 is 6.18 Å². The lowest BCUT2D eigenvalue weighted by atomic mass is 9.77. The largest absolute Gasteiger partial charge is 0.416 e. The number of hydrogen-bond acceptors (Lipinski definition) is 0. The van der Waals surface area contributed by atoms with E-state index in [0.717, 1.165) is 11.6 Å². The highest BCUT2D eigenvalue weighted by atomic mass is 19.4. The minimum atomic E-state index is -4.31. The lowest BCUT2D eigenvalue weighted by Crippen LogP contribution is -2.22. The summed E-state index contributed by atoms with van der Waals surface area (Å²) in [7, 11) is 0. The molecule has 0 aromatic heterocycles. The van der Waals surface area contributed by atoms with Crippen molar-refractivity contribution in [3.63, 3.8) is 0 Å². The van der Waals surface area contributed by atoms with Crippen LogP contribution in [-0.4, -0.2) is 0 Å². The van der Waals surface area contributed by atoms with Crippen LogP contribution in [-0.2, 0) is 23.4 Å². The second-order valence-electron chi connectivity index (χ2n) is 8.09. The zero-order valence-corrected chi connectivity index (χ0v) is 15.0. The number of halogens is 3. The molecule has 0 nitrogen and oxygen atoms in total. The van der Waals surface area contributed by atoms with Crippen molar-refractivity contribution in [2.75, 3.05) is 0 Å². The van der Waals surface area contributed by atoms with E-state index in [1.54, 1.807) is 6.07 Å². The van der Waals surface area contributed by atoms with Crippen LogP contribution in [0.2, 0.25) is 0 Å². The molecule has 2 aromatic rings. The first-order valence-electron chi connectivity index (χ1n) is 8.17. The molecule has 0 radical (unpaired) electrons. The summed E-state index contributed by atoms with van der Waals surface area (Å²) in [6.07, 6.45) is -3.61. The monoisotopic (exact) mass is 334 g/mol. The molecule has 0 amide bonds. The first-order valence-corrected chi connectivity index (χ1v) is 8.17. The quantitative estimate of drug-likeness (QED) is 0.599. The number of benzene rings is 2. The molecular weight excluding hydrogens is 309 g/mol. The van der Waals surface area contributed by atoms with Gasteiger partial charge in [0.25, 0.3) is 0 Å². The normalized spacial score (nSPS) is 13.2. The van der Waals surface area contributed by atoms with E-state index in [-0.39, 0.29) is 10.8 Å². The molecule has 0 fully saturated rings. The van der Waals surface area contributed by atoms with Crippen LogP contribution in [0, 0.1) is 0 Å². The maximum Gasteiger partial charge on any atom is 0.416 e. The zero-order valence-electron chi connectivity index (χ0n) is 15.0. The minimum absolute atomic E-state index is 0.0519. The first kappa shape index (κ1) is 18.6. The van der Waals surface area contributed by atoms with Gasteiger partial charge in [-0.05, 0) is 40.0 Å². The Hall–Kier alpha value is -1.77. The smallest absolute Gasteiger partial charge is 0.166 e. The molecule has 3 heteroatoms. The fourth-order valence-corrected chi connectivity index (χ4v) is 2.88. The first-order chi connectivity index (χ1) is 10.9. The Morgan fingerprint density at radius 3 is 1.83 bits per heavy atom. The predicted octanol–water partition coefficient (Wildman–Crippen LogP) is 6.52. The third-order valence-corrected chi connectivity index (χ3v) is 4.41. The van der Waals surface area contributed by atoms with Crippen LogP contribution in [0.1, 0.15) is 56.9 Å². The van der Waals surface area contributed by atoms with Crippen molar-refractivity contribution < 1.29 is 13.2 Å². The van der Waals surface area contributed by atoms with Crippen LogP contribution in [0.25, 0.3) is 0 Å². The number of alkyl halides is 3. The van der Waals surface area contributed by atoms with Crippen molar-refractivity contribution in [1.82, 2.24) is 0 Å². The maximum atomic E-state index is 13.0. The van der Waals surface area contributed by atoms with Crippen LogP contribution >= 0.6 is 0 Å². The summed E-state index contributed by atoms with van der Waals surface area (Å²) in [5.74, 6) is 0. The Morgan fingerprint density at radius 2 is 1.25 bits per heavy atom. The average molecular weight is 334 g/mol. The predicted molar refractivity (Wildman–Crippen MR) is 93.3 cm³/mol. The second-order valence-corrected chi connectivity index (χ2v) is 8.09. The lowest BCUT2D eigenvalue weighted by molar-refractivity contribution is -0.137. The van der Waals surface area contributed by atoms with Gasteiger partial charge in [0, 0.05) is 0 Å². The average Bonchev–Trinajstić information content (AvgIpc) is 2.45. The third kappa shape index (κ3) is 4.40. The fraction of sp³-hybridized carbons (Fsp3) is 0.429. The van der Waals surface area contributed by atoms with Gasteiger partial charge in [0.15, 0.2) is 0 Å². The molecule has 0 saturated heterocycles. The van der Waals surface area contributed by atoms with Crippen LogP contribution < -0.4 is 0 Å². The molecule has 0 aliphatic rings. The van der Waals surface area contributed by atoms with Gasteiger partial charge in [0.05, 0.1) is 5.56 Å². The molecule has 2 rings (SSSR count). The van der Waals surface area contributed by atoms with Crippen LogP contribution in [0.15, 0.2) is 48.5 Å². The molecule has 0 heterocycles. The van der Waals surface area contributed by atoms with Crippen molar-refractivity contribution in [1.29, 1.82) is 0 Å². The molecule has 0 aliphatic carbocycles. The number of rotatable bonds is 3. The van der Waals surface area contributed by atoms with E-state index in [2.05, 4.69) is 32.9 Å². The highest BCUT2D eigenvalue weighted by molar-refractivity contribution is 5.35. The summed E-state index contributed by atoms with van der Waals surface area (Å²) in [5.41, 5.74) is 2.17. The van der Waals surface area contributed by atoms with Gasteiger partial charge in [-0.25, -0.2) is 0 Å². The Bertz CT molecular complexity index is 704. The van der Waals surface area contributed by atoms with Gasteiger partial charge in [0.1, 0.15) is 0 Å². The van der Waals surface area contributed by atoms with E-state index in [0.29, 0.717) is 12.0 Å². The SMILES string of the molecule is CC(C)(C)c1cccc(CC(C)(C)c2cccc(C(F)(F)F)c2)c1. The number of hydrogen-bond donors (Lipinski definition) is 0. The highest BCUT2D eigenvalue weighted by Gasteiger charge is 2.32. The Kier molecular flexibility index (Phi) is 4.85. The van der Waals surface area contributed by atoms with Gasteiger partial charge in [0.2, 0.25) is 0 Å². The summed E-state index contributed by atoms with van der Waals surface area (Å²) < 4.78 is 38.9. The summed E-state index contributed by atoms with van der Waals surface area (Å²) in [6, 6.07) is 14.0. The van der Waals surface area contributed by atoms with Gasteiger partial charge in [-0.15, -0.1) is 0 Å². The molecule has 0 saturated carbocycles. The molecule has 130 valence electrons. The third-order valence-electron chi connectivity index (χ3n) is 4.41. The summed E-state index contributed by atoms with van der Waals surface area (Å²) in [4.78, 5) is 0. The molecule has 0 bridgehead atoms. The second kappa shape index (κ2) is 6.27. The lowest BCUT2D eigenvalue weighted by Gasteiger charge is -2.27. The summed E-state index contributed by atoms with van der Waals surface area (Å²) in [6.45, 7) is 10.5. The van der Waals surface area contributed by atoms with E-state index in [9.17, 15) is 13.2 Å². The van der Waals surface area contributed by atoms with Crippen molar-refractivity contribution in [3.05, 3.63) is 70.8 Å². The zero-order chi connectivity index (χ0) is 18.2. The van der Waals surface area contributed by atoms with Crippen LogP contribution in [0.5, 0.6) is 0 Å². The maximum absolute atomic E-state index is 13.0. The van der Waals surface area contributed by atoms with Gasteiger partial charge in [-0.1, -0.05) is 77.1 Å². The van der Waals surface area contributed by atoms with E-state index < -0.39 is 11.7 Å². The Balaban J connectivity index is 2.32. The highest BCUT2D eigenvalue weighted by Crippen LogP contribution is 2.34. The molecule has 0 atom stereocenters. The summed E-state index contributed by atoms with van der Waals surface area (Å²) >= 11 is 0. The molecule has 0 spiro atoms. The van der Waals surface area contributed by atoms with Crippen molar-refractivity contribution in [3.8, 4) is 0 Å². The minimum Gasteiger partial charge on any atom is -0.166 e. The molecular formula is C21H25F3. The Labute approximate surface area is 142 Å². The van der Waals surface area contributed by atoms with E-state index in [4.69, 9.17) is 0 Å². The van der Waals surface area contributed by atoms with Crippen molar-refractivity contribution >= 4 is 0 Å². The van der Waals surface area contributed by atoms with Crippen LogP contribution in [0.3, 0.4) is 0 Å². The summed E-state index contributed by atoms with van der Waals surface area (Å²) in [5, 5.41) is 0. The van der Waals surface area contributed by atoms with E-state index in [1.165, 1.54) is 17.7 Å². The van der Waals surface area contributed by atoms with Gasteiger partial charge in [-0.3, -0.25) is 0 Å². The topological polar surface area (TPSA) is 0 Å². The van der Waals surface area contributed by atoms with E-state index in [1.807, 2.05) is 26.0 Å². The van der Waals surface area contributed by atoms with Gasteiger partial charge in [-0.2, -0.15) is 13.2 Å². The molecule has 24 heavy (non-hydrogen) atoms. The molecule has 0 unspecified atom stereocenters.